The van der Waals surface area contributed by atoms with E-state index in [4.69, 9.17) is 10.8 Å². The average molecular weight is 282 g/mol. The van der Waals surface area contributed by atoms with Crippen LogP contribution in [-0.2, 0) is 0 Å². The minimum Gasteiger partial charge on any atom is -0.299 e. The number of benzene rings is 3. The quantitative estimate of drug-likeness (QED) is 0.651. The highest BCUT2D eigenvalue weighted by molar-refractivity contribution is 6.53. The molecule has 0 unspecified atom stereocenters. The summed E-state index contributed by atoms with van der Waals surface area (Å²) < 4.78 is 0. The Morgan fingerprint density at radius 1 is 0.591 bits per heavy atom. The molecule has 2 nitrogen and oxygen atoms in total. The molecule has 0 saturated heterocycles. The zero-order chi connectivity index (χ0) is 15.1. The summed E-state index contributed by atoms with van der Waals surface area (Å²) in [4.78, 5) is 0. The molecule has 0 heterocycles. The highest BCUT2D eigenvalue weighted by atomic mass is 14.5. The Kier molecular flexibility index (Phi) is 2.76. The first kappa shape index (κ1) is 12.7. The van der Waals surface area contributed by atoms with Gasteiger partial charge < -0.3 is 0 Å². The van der Waals surface area contributed by atoms with E-state index in [2.05, 4.69) is 24.3 Å². The third kappa shape index (κ3) is 1.81. The van der Waals surface area contributed by atoms with Crippen molar-refractivity contribution >= 4 is 27.8 Å². The van der Waals surface area contributed by atoms with Crippen molar-refractivity contribution in [3.8, 4) is 0 Å². The number of fused-ring (bicyclic) bond motifs is 2. The molecule has 0 atom stereocenters. The Hall–Kier alpha value is -3.00. The molecule has 1 aliphatic carbocycles. The second-order valence-electron chi connectivity index (χ2n) is 5.42. The van der Waals surface area contributed by atoms with Crippen LogP contribution in [0.15, 0.2) is 72.8 Å². The molecule has 0 aromatic heterocycles. The van der Waals surface area contributed by atoms with Crippen LogP contribution in [0.25, 0.3) is 16.3 Å². The summed E-state index contributed by atoms with van der Waals surface area (Å²) in [6.07, 6.45) is 1.81. The summed E-state index contributed by atoms with van der Waals surface area (Å²) in [7, 11) is 0. The van der Waals surface area contributed by atoms with Gasteiger partial charge in [-0.25, -0.2) is 0 Å². The van der Waals surface area contributed by atoms with E-state index in [1.54, 1.807) is 0 Å². The molecule has 0 bridgehead atoms. The van der Waals surface area contributed by atoms with Crippen LogP contribution in [0.2, 0.25) is 0 Å². The van der Waals surface area contributed by atoms with Crippen molar-refractivity contribution in [2.24, 2.45) is 0 Å². The summed E-state index contributed by atoms with van der Waals surface area (Å²) in [5.41, 5.74) is 4.55. The van der Waals surface area contributed by atoms with Gasteiger partial charge in [0.15, 0.2) is 0 Å². The smallest absolute Gasteiger partial charge is 0.0867 e. The molecule has 0 aliphatic heterocycles. The first-order valence-corrected chi connectivity index (χ1v) is 7.23. The molecule has 0 spiro atoms. The minimum absolute atomic E-state index is 0.265. The van der Waals surface area contributed by atoms with E-state index in [0.717, 1.165) is 22.3 Å². The maximum atomic E-state index is 8.12. The van der Waals surface area contributed by atoms with Gasteiger partial charge in [0.2, 0.25) is 0 Å². The normalized spacial score (nSPS) is 13.9. The van der Waals surface area contributed by atoms with Gasteiger partial charge in [-0.3, -0.25) is 10.8 Å². The van der Waals surface area contributed by atoms with Crippen LogP contribution in [0.1, 0.15) is 16.7 Å². The fourth-order valence-corrected chi connectivity index (χ4v) is 3.06. The molecule has 2 heteroatoms. The highest BCUT2D eigenvalue weighted by Crippen LogP contribution is 2.34. The zero-order valence-corrected chi connectivity index (χ0v) is 11.9. The second kappa shape index (κ2) is 4.78. The number of hydrogen-bond donors (Lipinski definition) is 2. The Morgan fingerprint density at radius 2 is 1.23 bits per heavy atom. The van der Waals surface area contributed by atoms with E-state index < -0.39 is 0 Å². The van der Waals surface area contributed by atoms with Crippen molar-refractivity contribution in [1.82, 2.24) is 0 Å². The Bertz CT molecular complexity index is 959. The lowest BCUT2D eigenvalue weighted by Crippen LogP contribution is -2.18. The van der Waals surface area contributed by atoms with Crippen LogP contribution in [0.4, 0.5) is 0 Å². The molecule has 0 radical (unpaired) electrons. The van der Waals surface area contributed by atoms with Crippen molar-refractivity contribution in [3.63, 3.8) is 0 Å². The summed E-state index contributed by atoms with van der Waals surface area (Å²) in [5.74, 6) is 0. The molecule has 0 saturated carbocycles. The van der Waals surface area contributed by atoms with Gasteiger partial charge in [-0.1, -0.05) is 66.7 Å². The summed E-state index contributed by atoms with van der Waals surface area (Å²) >= 11 is 0. The fourth-order valence-electron chi connectivity index (χ4n) is 3.06. The Morgan fingerprint density at radius 3 is 2.09 bits per heavy atom. The lowest BCUT2D eigenvalue weighted by molar-refractivity contribution is 1.43. The minimum atomic E-state index is 0.265. The summed E-state index contributed by atoms with van der Waals surface area (Å²) in [5, 5.41) is 18.6. The van der Waals surface area contributed by atoms with Gasteiger partial charge in [0.05, 0.1) is 11.4 Å². The molecule has 4 rings (SSSR count). The van der Waals surface area contributed by atoms with Gasteiger partial charge >= 0.3 is 0 Å². The van der Waals surface area contributed by atoms with E-state index in [-0.39, 0.29) is 5.71 Å². The molecule has 1 aliphatic rings. The van der Waals surface area contributed by atoms with Crippen molar-refractivity contribution < 1.29 is 0 Å². The molecule has 0 amide bonds. The van der Waals surface area contributed by atoms with E-state index in [0.29, 0.717) is 5.71 Å². The van der Waals surface area contributed by atoms with Gasteiger partial charge in [-0.05, 0) is 33.5 Å². The van der Waals surface area contributed by atoms with Crippen molar-refractivity contribution in [3.05, 3.63) is 89.5 Å². The third-order valence-corrected chi connectivity index (χ3v) is 4.12. The summed E-state index contributed by atoms with van der Waals surface area (Å²) in [6, 6.07) is 22.4. The zero-order valence-electron chi connectivity index (χ0n) is 11.9. The molecule has 2 N–H and O–H groups in total. The topological polar surface area (TPSA) is 47.7 Å². The third-order valence-electron chi connectivity index (χ3n) is 4.12. The average Bonchev–Trinajstić information content (AvgIpc) is 2.58. The van der Waals surface area contributed by atoms with Crippen LogP contribution >= 0.6 is 0 Å². The first-order chi connectivity index (χ1) is 10.8. The van der Waals surface area contributed by atoms with Crippen molar-refractivity contribution in [2.75, 3.05) is 0 Å². The van der Waals surface area contributed by atoms with Gasteiger partial charge in [0, 0.05) is 5.56 Å². The van der Waals surface area contributed by atoms with Crippen LogP contribution in [0.3, 0.4) is 0 Å². The molecule has 0 fully saturated rings. The number of nitrogens with one attached hydrogen (secondary N) is 2. The van der Waals surface area contributed by atoms with Gasteiger partial charge in [0.25, 0.3) is 0 Å². The SMILES string of the molecule is N=C1C=C(c2cccc3ccccc23)c2ccccc2C1=N. The van der Waals surface area contributed by atoms with E-state index in [1.165, 1.54) is 10.8 Å². The maximum Gasteiger partial charge on any atom is 0.0867 e. The molecular formula is C20H14N2. The van der Waals surface area contributed by atoms with Gasteiger partial charge in [-0.2, -0.15) is 0 Å². The van der Waals surface area contributed by atoms with Crippen LogP contribution in [0, 0.1) is 10.8 Å². The number of allylic oxidation sites excluding steroid dienone is 1. The monoisotopic (exact) mass is 282 g/mol. The van der Waals surface area contributed by atoms with E-state index in [1.807, 2.05) is 48.5 Å². The van der Waals surface area contributed by atoms with Gasteiger partial charge in [-0.15, -0.1) is 0 Å². The molecule has 3 aromatic carbocycles. The predicted octanol–water partition coefficient (Wildman–Crippen LogP) is 4.67. The molecular weight excluding hydrogens is 268 g/mol. The van der Waals surface area contributed by atoms with Crippen LogP contribution in [0.5, 0.6) is 0 Å². The number of rotatable bonds is 1. The van der Waals surface area contributed by atoms with Crippen LogP contribution < -0.4 is 0 Å². The Labute approximate surface area is 128 Å². The molecule has 22 heavy (non-hydrogen) atoms. The van der Waals surface area contributed by atoms with E-state index >= 15 is 0 Å². The van der Waals surface area contributed by atoms with Gasteiger partial charge in [0.1, 0.15) is 0 Å². The van der Waals surface area contributed by atoms with Crippen molar-refractivity contribution in [2.45, 2.75) is 0 Å². The second-order valence-corrected chi connectivity index (χ2v) is 5.42. The molecule has 104 valence electrons. The maximum absolute atomic E-state index is 8.12. The predicted molar refractivity (Wildman–Crippen MR) is 92.0 cm³/mol. The highest BCUT2D eigenvalue weighted by Gasteiger charge is 2.21. The standard InChI is InChI=1S/C20H14N2/c21-19-12-18(16-9-3-4-10-17(16)20(19)22)15-11-5-7-13-6-1-2-8-14(13)15/h1-12,21-22H. The fraction of sp³-hybridized carbons (Fsp3) is 0. The number of hydrogen-bond acceptors (Lipinski definition) is 2. The largest absolute Gasteiger partial charge is 0.299 e. The Balaban J connectivity index is 2.05. The van der Waals surface area contributed by atoms with Crippen LogP contribution in [-0.4, -0.2) is 11.4 Å². The summed E-state index contributed by atoms with van der Waals surface area (Å²) in [6.45, 7) is 0. The lowest BCUT2D eigenvalue weighted by Gasteiger charge is -2.20. The van der Waals surface area contributed by atoms with Crippen molar-refractivity contribution in [1.29, 1.82) is 10.8 Å². The lowest BCUT2D eigenvalue weighted by atomic mass is 9.83. The first-order valence-electron chi connectivity index (χ1n) is 7.23. The van der Waals surface area contributed by atoms with E-state index in [9.17, 15) is 0 Å². The molecule has 3 aromatic rings.